The molecule has 1 saturated carbocycles. The van der Waals surface area contributed by atoms with Crippen LogP contribution in [0.3, 0.4) is 0 Å². The molecular formula is C29H35FN8O5. The molecule has 13 nitrogen and oxygen atoms in total. The van der Waals surface area contributed by atoms with Gasteiger partial charge in [-0.15, -0.1) is 5.10 Å². The van der Waals surface area contributed by atoms with Crippen molar-refractivity contribution in [3.8, 4) is 5.75 Å². The number of fused-ring (bicyclic) bond motifs is 2. The van der Waals surface area contributed by atoms with Gasteiger partial charge in [0, 0.05) is 27.2 Å². The first-order chi connectivity index (χ1) is 20.2. The molecule has 6 rings (SSSR count). The smallest absolute Gasteiger partial charge is 0.296 e. The van der Waals surface area contributed by atoms with Crippen molar-refractivity contribution in [2.24, 2.45) is 5.92 Å². The summed E-state index contributed by atoms with van der Waals surface area (Å²) >= 11 is 0. The van der Waals surface area contributed by atoms with Crippen molar-refractivity contribution in [2.75, 3.05) is 14.1 Å². The van der Waals surface area contributed by atoms with Gasteiger partial charge in [-0.2, -0.15) is 0 Å². The number of amides is 3. The number of carbonyl (C=O) groups excluding carboxylic acids is 3. The summed E-state index contributed by atoms with van der Waals surface area (Å²) in [5.41, 5.74) is -2.46. The van der Waals surface area contributed by atoms with Crippen molar-refractivity contribution in [2.45, 2.75) is 70.6 Å². The number of hydrogen-bond acceptors (Lipinski definition) is 8. The maximum Gasteiger partial charge on any atom is 0.296 e. The molecule has 4 heterocycles. The highest BCUT2D eigenvalue weighted by Gasteiger charge is 2.48. The minimum absolute atomic E-state index is 0.0217. The Bertz CT molecular complexity index is 1670. The molecule has 228 valence electrons. The number of benzene rings is 1. The Balaban J connectivity index is 1.47. The Hall–Kier alpha value is -4.62. The maximum atomic E-state index is 13.9. The molecule has 0 saturated heterocycles. The first-order valence-electron chi connectivity index (χ1n) is 14.1. The Labute approximate surface area is 247 Å². The van der Waals surface area contributed by atoms with Crippen molar-refractivity contribution in [3.63, 3.8) is 0 Å². The van der Waals surface area contributed by atoms with Gasteiger partial charge in [0.1, 0.15) is 17.2 Å². The number of aryl methyl sites for hydroxylation is 1. The van der Waals surface area contributed by atoms with Crippen LogP contribution < -0.4 is 16.2 Å². The molecule has 0 unspecified atom stereocenters. The van der Waals surface area contributed by atoms with Crippen LogP contribution in [-0.2, 0) is 29.0 Å². The summed E-state index contributed by atoms with van der Waals surface area (Å²) in [5.74, 6) is -2.40. The topological polar surface area (TPSA) is 164 Å². The molecule has 3 aromatic rings. The quantitative estimate of drug-likeness (QED) is 0.371. The standard InChI is InChI=1S/C29H35FN8O5/c1-16-12-18(6-7-19(16)30)13-31-23(40)21-22(39)25(42)37-14-17-8-10-29(11-9-17,26(37)32-21)33-27(43)28(2,3)38-15-20(34-35-38)24(41)36(4)5/h6-7,12,15,17,39H,8-11,13-14H2,1-5H3,(H,31,40)(H,33,43). The van der Waals surface area contributed by atoms with E-state index < -0.39 is 39.9 Å². The third-order valence-electron chi connectivity index (χ3n) is 8.46. The van der Waals surface area contributed by atoms with Crippen molar-refractivity contribution < 1.29 is 23.9 Å². The lowest BCUT2D eigenvalue weighted by molar-refractivity contribution is -0.131. The summed E-state index contributed by atoms with van der Waals surface area (Å²) in [7, 11) is 3.17. The van der Waals surface area contributed by atoms with Crippen LogP contribution in [-0.4, -0.2) is 66.4 Å². The second-order valence-electron chi connectivity index (χ2n) is 12.1. The number of aromatic nitrogens is 5. The van der Waals surface area contributed by atoms with E-state index in [9.17, 15) is 28.7 Å². The highest BCUT2D eigenvalue weighted by molar-refractivity contribution is 5.94. The third-order valence-corrected chi connectivity index (χ3v) is 8.46. The zero-order valence-corrected chi connectivity index (χ0v) is 24.8. The van der Waals surface area contributed by atoms with Gasteiger partial charge in [-0.25, -0.2) is 14.1 Å². The van der Waals surface area contributed by atoms with Crippen molar-refractivity contribution in [1.29, 1.82) is 0 Å². The van der Waals surface area contributed by atoms with Gasteiger partial charge in [0.15, 0.2) is 11.4 Å². The summed E-state index contributed by atoms with van der Waals surface area (Å²) in [6.45, 7) is 5.19. The molecule has 3 aliphatic rings. The zero-order valence-electron chi connectivity index (χ0n) is 24.8. The van der Waals surface area contributed by atoms with E-state index in [2.05, 4.69) is 25.9 Å². The van der Waals surface area contributed by atoms with Gasteiger partial charge in [-0.3, -0.25) is 23.7 Å². The zero-order chi connectivity index (χ0) is 31.3. The molecule has 3 N–H and O–H groups in total. The van der Waals surface area contributed by atoms with Gasteiger partial charge in [0.05, 0.1) is 11.7 Å². The molecule has 3 amide bonds. The van der Waals surface area contributed by atoms with E-state index in [4.69, 9.17) is 0 Å². The molecule has 1 aliphatic carbocycles. The third kappa shape index (κ3) is 5.37. The molecule has 2 aliphatic heterocycles. The number of hydrogen-bond donors (Lipinski definition) is 3. The molecule has 0 radical (unpaired) electrons. The molecule has 2 aromatic heterocycles. The summed E-state index contributed by atoms with van der Waals surface area (Å²) in [5, 5.41) is 24.5. The Morgan fingerprint density at radius 3 is 2.56 bits per heavy atom. The van der Waals surface area contributed by atoms with Gasteiger partial charge in [-0.05, 0) is 69.6 Å². The fraction of sp³-hybridized carbons (Fsp3) is 0.483. The lowest BCUT2D eigenvalue weighted by Crippen LogP contribution is -2.55. The molecule has 43 heavy (non-hydrogen) atoms. The molecule has 14 heteroatoms. The molecule has 0 atom stereocenters. The fourth-order valence-corrected chi connectivity index (χ4v) is 5.67. The monoisotopic (exact) mass is 594 g/mol. The van der Waals surface area contributed by atoms with Gasteiger partial charge in [0.2, 0.25) is 11.7 Å². The van der Waals surface area contributed by atoms with E-state index in [-0.39, 0.29) is 35.7 Å². The summed E-state index contributed by atoms with van der Waals surface area (Å²) in [6.07, 6.45) is 3.73. The molecule has 0 spiro atoms. The van der Waals surface area contributed by atoms with Crippen LogP contribution in [0.2, 0.25) is 0 Å². The molecule has 1 fully saturated rings. The fourth-order valence-electron chi connectivity index (χ4n) is 5.67. The van der Waals surface area contributed by atoms with Crippen LogP contribution in [0.1, 0.15) is 77.5 Å². The van der Waals surface area contributed by atoms with Crippen molar-refractivity contribution in [3.05, 3.63) is 68.9 Å². The highest BCUT2D eigenvalue weighted by atomic mass is 19.1. The van der Waals surface area contributed by atoms with Crippen LogP contribution in [0.4, 0.5) is 4.39 Å². The minimum Gasteiger partial charge on any atom is -0.501 e. The van der Waals surface area contributed by atoms with Crippen molar-refractivity contribution in [1.82, 2.24) is 40.1 Å². The lowest BCUT2D eigenvalue weighted by Gasteiger charge is -2.39. The SMILES string of the molecule is Cc1cc(CNC(=O)c2nc3n(c(=O)c2O)CC2CCC3(NC(=O)C(C)(C)n3cc(C(=O)N(C)C)nn3)CC2)ccc1F. The van der Waals surface area contributed by atoms with Crippen molar-refractivity contribution >= 4 is 17.7 Å². The van der Waals surface area contributed by atoms with E-state index in [1.54, 1.807) is 40.9 Å². The van der Waals surface area contributed by atoms with Gasteiger partial charge in [-0.1, -0.05) is 17.3 Å². The average molecular weight is 595 g/mol. The number of rotatable bonds is 7. The first-order valence-corrected chi connectivity index (χ1v) is 14.1. The van der Waals surface area contributed by atoms with E-state index in [1.807, 2.05) is 0 Å². The molecule has 1 aromatic carbocycles. The number of nitrogens with zero attached hydrogens (tertiary/aromatic N) is 6. The predicted octanol–water partition coefficient (Wildman–Crippen LogP) is 1.57. The number of carbonyl (C=O) groups is 3. The van der Waals surface area contributed by atoms with Crippen LogP contribution in [0.5, 0.6) is 5.75 Å². The van der Waals surface area contributed by atoms with Gasteiger partial charge < -0.3 is 20.6 Å². The average Bonchev–Trinajstić information content (AvgIpc) is 3.37. The maximum absolute atomic E-state index is 13.9. The van der Waals surface area contributed by atoms with Crippen LogP contribution in [0.15, 0.2) is 29.2 Å². The first kappa shape index (κ1) is 29.9. The van der Waals surface area contributed by atoms with Gasteiger partial charge >= 0.3 is 0 Å². The summed E-state index contributed by atoms with van der Waals surface area (Å²) in [6, 6.07) is 4.42. The Morgan fingerprint density at radius 1 is 1.21 bits per heavy atom. The summed E-state index contributed by atoms with van der Waals surface area (Å²) < 4.78 is 16.3. The number of aromatic hydroxyl groups is 1. The largest absolute Gasteiger partial charge is 0.501 e. The van der Waals surface area contributed by atoms with Crippen LogP contribution >= 0.6 is 0 Å². The highest BCUT2D eigenvalue weighted by Crippen LogP contribution is 2.43. The van der Waals surface area contributed by atoms with Gasteiger partial charge in [0.25, 0.3) is 17.4 Å². The summed E-state index contributed by atoms with van der Waals surface area (Å²) in [4.78, 5) is 58.7. The minimum atomic E-state index is -1.29. The van der Waals surface area contributed by atoms with Crippen LogP contribution in [0, 0.1) is 18.7 Å². The molecule has 2 bridgehead atoms. The normalized spacial score (nSPS) is 19.3. The van der Waals surface area contributed by atoms with E-state index in [1.165, 1.54) is 32.5 Å². The van der Waals surface area contributed by atoms with E-state index in [0.717, 1.165) is 0 Å². The lowest BCUT2D eigenvalue weighted by atomic mass is 9.77. The van der Waals surface area contributed by atoms with E-state index in [0.29, 0.717) is 43.4 Å². The molecular weight excluding hydrogens is 559 g/mol. The second-order valence-corrected chi connectivity index (χ2v) is 12.1. The number of nitrogens with one attached hydrogen (secondary N) is 2. The van der Waals surface area contributed by atoms with Crippen LogP contribution in [0.25, 0.3) is 0 Å². The Kier molecular flexibility index (Phi) is 7.57. The number of halogens is 1. The predicted molar refractivity (Wildman–Crippen MR) is 152 cm³/mol. The van der Waals surface area contributed by atoms with E-state index >= 15 is 0 Å². The Morgan fingerprint density at radius 2 is 1.91 bits per heavy atom. The second kappa shape index (κ2) is 10.9.